The van der Waals surface area contributed by atoms with Gasteiger partial charge in [-0.2, -0.15) is 5.10 Å². The highest BCUT2D eigenvalue weighted by molar-refractivity contribution is 5.79. The van der Waals surface area contributed by atoms with Crippen molar-refractivity contribution in [2.45, 2.75) is 19.8 Å². The SMILES string of the molecule is CCNC(=NCCc1ccccn1)NCCc1cnn(C)c1. The Hall–Kier alpha value is -2.37. The first-order chi connectivity index (χ1) is 10.8. The van der Waals surface area contributed by atoms with E-state index in [9.17, 15) is 0 Å². The van der Waals surface area contributed by atoms with Gasteiger partial charge in [0, 0.05) is 51.2 Å². The third-order valence-corrected chi connectivity index (χ3v) is 3.17. The normalized spacial score (nSPS) is 11.5. The summed E-state index contributed by atoms with van der Waals surface area (Å²) in [5.74, 6) is 0.849. The molecule has 2 heterocycles. The topological polar surface area (TPSA) is 67.1 Å². The van der Waals surface area contributed by atoms with Gasteiger partial charge in [-0.05, 0) is 31.0 Å². The summed E-state index contributed by atoms with van der Waals surface area (Å²) in [4.78, 5) is 8.89. The first-order valence-corrected chi connectivity index (χ1v) is 7.67. The highest BCUT2D eigenvalue weighted by Gasteiger charge is 1.99. The van der Waals surface area contributed by atoms with E-state index >= 15 is 0 Å². The van der Waals surface area contributed by atoms with Crippen LogP contribution in [0.15, 0.2) is 41.8 Å². The second-order valence-corrected chi connectivity index (χ2v) is 5.03. The van der Waals surface area contributed by atoms with Gasteiger partial charge in [-0.25, -0.2) is 0 Å². The lowest BCUT2D eigenvalue weighted by atomic mass is 10.2. The zero-order valence-electron chi connectivity index (χ0n) is 13.3. The number of aryl methyl sites for hydroxylation is 1. The van der Waals surface area contributed by atoms with Crippen LogP contribution in [0.2, 0.25) is 0 Å². The van der Waals surface area contributed by atoms with Crippen molar-refractivity contribution in [3.63, 3.8) is 0 Å². The van der Waals surface area contributed by atoms with Crippen LogP contribution in [0.5, 0.6) is 0 Å². The molecule has 2 rings (SSSR count). The molecule has 0 saturated carbocycles. The van der Waals surface area contributed by atoms with Gasteiger partial charge in [0.2, 0.25) is 0 Å². The van der Waals surface area contributed by atoms with Crippen LogP contribution in [-0.2, 0) is 19.9 Å². The molecule has 2 N–H and O–H groups in total. The number of aliphatic imine (C=N–C) groups is 1. The average molecular weight is 300 g/mol. The van der Waals surface area contributed by atoms with Crippen LogP contribution in [0.25, 0.3) is 0 Å². The molecule has 0 aliphatic heterocycles. The lowest BCUT2D eigenvalue weighted by Crippen LogP contribution is -2.38. The Morgan fingerprint density at radius 2 is 2.18 bits per heavy atom. The van der Waals surface area contributed by atoms with E-state index in [2.05, 4.69) is 32.6 Å². The summed E-state index contributed by atoms with van der Waals surface area (Å²) in [6, 6.07) is 5.96. The fourth-order valence-electron chi connectivity index (χ4n) is 2.10. The third-order valence-electron chi connectivity index (χ3n) is 3.17. The van der Waals surface area contributed by atoms with Gasteiger partial charge in [0.25, 0.3) is 0 Å². The molecule has 0 amide bonds. The van der Waals surface area contributed by atoms with Gasteiger partial charge in [0.05, 0.1) is 6.20 Å². The second-order valence-electron chi connectivity index (χ2n) is 5.03. The van der Waals surface area contributed by atoms with Gasteiger partial charge >= 0.3 is 0 Å². The van der Waals surface area contributed by atoms with Gasteiger partial charge in [0.15, 0.2) is 5.96 Å². The Morgan fingerprint density at radius 3 is 2.86 bits per heavy atom. The summed E-state index contributed by atoms with van der Waals surface area (Å²) < 4.78 is 1.82. The molecule has 0 fully saturated rings. The van der Waals surface area contributed by atoms with Gasteiger partial charge < -0.3 is 10.6 Å². The molecule has 0 spiro atoms. The molecular weight excluding hydrogens is 276 g/mol. The molecule has 0 bridgehead atoms. The maximum atomic E-state index is 4.58. The Bertz CT molecular complexity index is 575. The molecule has 0 radical (unpaired) electrons. The molecule has 2 aromatic heterocycles. The number of hydrogen-bond donors (Lipinski definition) is 2. The van der Waals surface area contributed by atoms with E-state index in [1.54, 1.807) is 0 Å². The number of aromatic nitrogens is 3. The molecule has 118 valence electrons. The van der Waals surface area contributed by atoms with Crippen LogP contribution in [0.1, 0.15) is 18.2 Å². The zero-order chi connectivity index (χ0) is 15.6. The molecular formula is C16H24N6. The summed E-state index contributed by atoms with van der Waals surface area (Å²) in [5, 5.41) is 10.8. The zero-order valence-corrected chi connectivity index (χ0v) is 13.3. The fourth-order valence-corrected chi connectivity index (χ4v) is 2.10. The van der Waals surface area contributed by atoms with Crippen LogP contribution in [0.3, 0.4) is 0 Å². The molecule has 0 aliphatic rings. The number of nitrogens with one attached hydrogen (secondary N) is 2. The lowest BCUT2D eigenvalue weighted by molar-refractivity contribution is 0.764. The Labute approximate surface area is 131 Å². The summed E-state index contributed by atoms with van der Waals surface area (Å²) in [6.07, 6.45) is 7.52. The Kier molecular flexibility index (Phi) is 6.41. The summed E-state index contributed by atoms with van der Waals surface area (Å²) in [5.41, 5.74) is 2.29. The van der Waals surface area contributed by atoms with E-state index in [1.807, 2.05) is 48.5 Å². The van der Waals surface area contributed by atoms with Crippen molar-refractivity contribution in [1.82, 2.24) is 25.4 Å². The van der Waals surface area contributed by atoms with E-state index in [1.165, 1.54) is 5.56 Å². The Balaban J connectivity index is 1.77. The van der Waals surface area contributed by atoms with Crippen LogP contribution < -0.4 is 10.6 Å². The van der Waals surface area contributed by atoms with Gasteiger partial charge in [0.1, 0.15) is 0 Å². The number of rotatable bonds is 7. The maximum Gasteiger partial charge on any atom is 0.191 e. The second kappa shape index (κ2) is 8.81. The van der Waals surface area contributed by atoms with Crippen LogP contribution in [0.4, 0.5) is 0 Å². The molecule has 22 heavy (non-hydrogen) atoms. The highest BCUT2D eigenvalue weighted by atomic mass is 15.2. The van der Waals surface area contributed by atoms with E-state index in [0.29, 0.717) is 0 Å². The predicted molar refractivity (Wildman–Crippen MR) is 88.8 cm³/mol. The van der Waals surface area contributed by atoms with Gasteiger partial charge in [-0.3, -0.25) is 14.7 Å². The average Bonchev–Trinajstić information content (AvgIpc) is 2.94. The smallest absolute Gasteiger partial charge is 0.191 e. The lowest BCUT2D eigenvalue weighted by Gasteiger charge is -2.10. The molecule has 6 nitrogen and oxygen atoms in total. The quantitative estimate of drug-likeness (QED) is 0.595. The van der Waals surface area contributed by atoms with Crippen molar-refractivity contribution < 1.29 is 0 Å². The van der Waals surface area contributed by atoms with Crippen LogP contribution in [-0.4, -0.2) is 40.4 Å². The summed E-state index contributed by atoms with van der Waals surface area (Å²) in [7, 11) is 1.93. The minimum absolute atomic E-state index is 0.721. The van der Waals surface area contributed by atoms with E-state index in [-0.39, 0.29) is 0 Å². The molecule has 0 saturated heterocycles. The van der Waals surface area contributed by atoms with Crippen molar-refractivity contribution in [1.29, 1.82) is 0 Å². The van der Waals surface area contributed by atoms with Crippen LogP contribution >= 0.6 is 0 Å². The number of guanidine groups is 1. The molecule has 0 aromatic carbocycles. The molecule has 0 unspecified atom stereocenters. The molecule has 0 aliphatic carbocycles. The largest absolute Gasteiger partial charge is 0.357 e. The Morgan fingerprint density at radius 1 is 1.27 bits per heavy atom. The highest BCUT2D eigenvalue weighted by Crippen LogP contribution is 1.96. The standard InChI is InChI=1S/C16H24N6/c1-3-17-16(19-10-7-14-12-21-22(2)13-14)20-11-8-15-6-4-5-9-18-15/h4-6,9,12-13H,3,7-8,10-11H2,1-2H3,(H2,17,19,20). The molecule has 0 atom stereocenters. The molecule has 2 aromatic rings. The minimum Gasteiger partial charge on any atom is -0.357 e. The number of nitrogens with zero attached hydrogens (tertiary/aromatic N) is 4. The maximum absolute atomic E-state index is 4.58. The van der Waals surface area contributed by atoms with Crippen molar-refractivity contribution >= 4 is 5.96 Å². The number of hydrogen-bond acceptors (Lipinski definition) is 3. The fraction of sp³-hybridized carbons (Fsp3) is 0.438. The van der Waals surface area contributed by atoms with Gasteiger partial charge in [-0.15, -0.1) is 0 Å². The van der Waals surface area contributed by atoms with Crippen molar-refractivity contribution in [2.24, 2.45) is 12.0 Å². The van der Waals surface area contributed by atoms with Crippen LogP contribution in [0, 0.1) is 0 Å². The first kappa shape index (κ1) is 16.0. The summed E-state index contributed by atoms with van der Waals surface area (Å²) >= 11 is 0. The van der Waals surface area contributed by atoms with Gasteiger partial charge in [-0.1, -0.05) is 6.07 Å². The molecule has 6 heteroatoms. The van der Waals surface area contributed by atoms with Crippen molar-refractivity contribution in [2.75, 3.05) is 19.6 Å². The first-order valence-electron chi connectivity index (χ1n) is 7.67. The van der Waals surface area contributed by atoms with E-state index < -0.39 is 0 Å². The third kappa shape index (κ3) is 5.55. The van der Waals surface area contributed by atoms with Crippen molar-refractivity contribution in [3.8, 4) is 0 Å². The predicted octanol–water partition coefficient (Wildman–Crippen LogP) is 1.16. The minimum atomic E-state index is 0.721. The monoisotopic (exact) mass is 300 g/mol. The van der Waals surface area contributed by atoms with Crippen molar-refractivity contribution in [3.05, 3.63) is 48.0 Å². The van der Waals surface area contributed by atoms with E-state index in [4.69, 9.17) is 0 Å². The van der Waals surface area contributed by atoms with E-state index in [0.717, 1.165) is 44.1 Å². The summed E-state index contributed by atoms with van der Waals surface area (Å²) in [6.45, 7) is 4.47. The number of pyridine rings is 1.